The Kier molecular flexibility index (Phi) is 3.39. The number of aromatic hydroxyl groups is 1. The monoisotopic (exact) mass is 329 g/mol. The van der Waals surface area contributed by atoms with Crippen LogP contribution in [0.3, 0.4) is 0 Å². The second-order valence-corrected chi connectivity index (χ2v) is 7.17. The first-order valence-corrected chi connectivity index (χ1v) is 8.41. The number of ether oxygens (including phenoxy) is 2. The van der Waals surface area contributed by atoms with Crippen molar-refractivity contribution in [3.63, 3.8) is 0 Å². The fourth-order valence-corrected chi connectivity index (χ4v) is 4.96. The molecule has 5 heteroatoms. The fourth-order valence-electron chi connectivity index (χ4n) is 4.96. The number of methoxy groups -OCH3 is 2. The molecule has 1 fully saturated rings. The van der Waals surface area contributed by atoms with Gasteiger partial charge in [-0.3, -0.25) is 4.79 Å². The number of phenols is 1. The molecule has 1 N–H and O–H groups in total. The van der Waals surface area contributed by atoms with Crippen molar-refractivity contribution < 1.29 is 19.4 Å². The van der Waals surface area contributed by atoms with Gasteiger partial charge in [0.05, 0.1) is 14.2 Å². The highest BCUT2D eigenvalue weighted by Crippen LogP contribution is 2.55. The minimum atomic E-state index is -0.217. The number of ketones is 1. The summed E-state index contributed by atoms with van der Waals surface area (Å²) in [4.78, 5) is 14.8. The summed E-state index contributed by atoms with van der Waals surface area (Å²) in [6, 6.07) is 4.09. The Morgan fingerprint density at radius 3 is 2.75 bits per heavy atom. The molecule has 24 heavy (non-hydrogen) atoms. The lowest BCUT2D eigenvalue weighted by Crippen LogP contribution is -2.60. The molecule has 1 aromatic rings. The average Bonchev–Trinajstić information content (AvgIpc) is 2.57. The van der Waals surface area contributed by atoms with Gasteiger partial charge < -0.3 is 19.5 Å². The normalized spacial score (nSPS) is 31.8. The van der Waals surface area contributed by atoms with Crippen LogP contribution < -0.4 is 4.74 Å². The number of nitrogens with zero attached hydrogens (tertiary/aromatic N) is 1. The fraction of sp³-hybridized carbons (Fsp3) is 0.526. The second-order valence-electron chi connectivity index (χ2n) is 7.17. The molecular formula is C19H23NO4. The van der Waals surface area contributed by atoms with Crippen LogP contribution in [0.1, 0.15) is 24.0 Å². The summed E-state index contributed by atoms with van der Waals surface area (Å²) in [5.74, 6) is 1.46. The Labute approximate surface area is 141 Å². The van der Waals surface area contributed by atoms with Gasteiger partial charge in [-0.1, -0.05) is 0 Å². The van der Waals surface area contributed by atoms with Crippen molar-refractivity contribution in [2.45, 2.75) is 30.7 Å². The van der Waals surface area contributed by atoms with E-state index in [4.69, 9.17) is 9.47 Å². The molecule has 0 saturated carbocycles. The van der Waals surface area contributed by atoms with E-state index in [1.807, 2.05) is 18.2 Å². The Hall–Kier alpha value is -2.01. The van der Waals surface area contributed by atoms with Crippen molar-refractivity contribution in [1.82, 2.24) is 4.90 Å². The topological polar surface area (TPSA) is 59.0 Å². The van der Waals surface area contributed by atoms with Crippen LogP contribution in [0.2, 0.25) is 0 Å². The smallest absolute Gasteiger partial charge is 0.197 e. The SMILES string of the molecule is COC1=C[C@]23CCN(C)[C@H](Cc4cc(O)c(OC)cc42)[C@@H]3CC1=O. The number of benzene rings is 1. The molecule has 0 spiro atoms. The molecule has 1 aromatic carbocycles. The summed E-state index contributed by atoms with van der Waals surface area (Å²) < 4.78 is 10.7. The molecule has 0 radical (unpaired) electrons. The van der Waals surface area contributed by atoms with E-state index < -0.39 is 0 Å². The number of phenolic OH excluding ortho intramolecular Hbond substituents is 1. The van der Waals surface area contributed by atoms with Crippen molar-refractivity contribution in [3.8, 4) is 11.5 Å². The van der Waals surface area contributed by atoms with E-state index in [2.05, 4.69) is 11.9 Å². The number of fused-ring (bicyclic) bond motifs is 1. The largest absolute Gasteiger partial charge is 0.504 e. The number of carbonyl (C=O) groups is 1. The van der Waals surface area contributed by atoms with Crippen LogP contribution in [0.5, 0.6) is 11.5 Å². The number of likely N-dealkylation sites (N-methyl/N-ethyl adjacent to an activating group) is 1. The number of allylic oxidation sites excluding steroid dienone is 2. The quantitative estimate of drug-likeness (QED) is 0.899. The van der Waals surface area contributed by atoms with Gasteiger partial charge >= 0.3 is 0 Å². The summed E-state index contributed by atoms with van der Waals surface area (Å²) >= 11 is 0. The van der Waals surface area contributed by atoms with Gasteiger partial charge in [-0.05, 0) is 61.7 Å². The lowest BCUT2D eigenvalue weighted by atomic mass is 9.54. The second kappa shape index (κ2) is 5.24. The molecule has 2 bridgehead atoms. The maximum absolute atomic E-state index is 12.4. The van der Waals surface area contributed by atoms with Crippen molar-refractivity contribution in [2.24, 2.45) is 5.92 Å². The average molecular weight is 329 g/mol. The first-order chi connectivity index (χ1) is 11.5. The predicted molar refractivity (Wildman–Crippen MR) is 89.3 cm³/mol. The Balaban J connectivity index is 1.97. The maximum atomic E-state index is 12.4. The minimum absolute atomic E-state index is 0.0904. The highest BCUT2D eigenvalue weighted by atomic mass is 16.5. The Morgan fingerprint density at radius 2 is 2.04 bits per heavy atom. The molecule has 3 atom stereocenters. The van der Waals surface area contributed by atoms with E-state index in [0.29, 0.717) is 24.0 Å². The van der Waals surface area contributed by atoms with Gasteiger partial charge in [0.15, 0.2) is 23.0 Å². The molecule has 4 rings (SSSR count). The highest BCUT2D eigenvalue weighted by Gasteiger charge is 2.55. The van der Waals surface area contributed by atoms with Crippen molar-refractivity contribution in [1.29, 1.82) is 0 Å². The number of carbonyl (C=O) groups excluding carboxylic acids is 1. The zero-order chi connectivity index (χ0) is 17.1. The Bertz CT molecular complexity index is 741. The summed E-state index contributed by atoms with van der Waals surface area (Å²) in [5, 5.41) is 10.2. The van der Waals surface area contributed by atoms with Crippen LogP contribution in [0.4, 0.5) is 0 Å². The first kappa shape index (κ1) is 15.5. The molecule has 0 amide bonds. The van der Waals surface area contributed by atoms with E-state index >= 15 is 0 Å². The lowest BCUT2D eigenvalue weighted by Gasteiger charge is -2.56. The predicted octanol–water partition coefficient (Wildman–Crippen LogP) is 2.02. The molecule has 5 nitrogen and oxygen atoms in total. The molecule has 2 aliphatic carbocycles. The van der Waals surface area contributed by atoms with Crippen molar-refractivity contribution >= 4 is 5.78 Å². The van der Waals surface area contributed by atoms with E-state index in [1.54, 1.807) is 14.2 Å². The van der Waals surface area contributed by atoms with Gasteiger partial charge in [0.1, 0.15) is 0 Å². The maximum Gasteiger partial charge on any atom is 0.197 e. The number of rotatable bonds is 2. The van der Waals surface area contributed by atoms with Crippen LogP contribution >= 0.6 is 0 Å². The standard InChI is InChI=1S/C19H23NO4/c1-20-5-4-19-10-18(24-3)16(22)8-13(19)14(20)6-11-7-15(21)17(23-2)9-12(11)19/h7,9-10,13-14,21H,4-6,8H2,1-3H3/t13-,14+,19+/m0/s1. The van der Waals surface area contributed by atoms with Gasteiger partial charge in [-0.25, -0.2) is 0 Å². The number of hydrogen-bond donors (Lipinski definition) is 1. The van der Waals surface area contributed by atoms with E-state index in [0.717, 1.165) is 24.9 Å². The molecular weight excluding hydrogens is 306 g/mol. The van der Waals surface area contributed by atoms with Crippen LogP contribution in [-0.4, -0.2) is 49.6 Å². The highest BCUT2D eigenvalue weighted by molar-refractivity contribution is 5.95. The zero-order valence-corrected chi connectivity index (χ0v) is 14.3. The van der Waals surface area contributed by atoms with E-state index in [9.17, 15) is 9.90 Å². The molecule has 0 unspecified atom stereocenters. The Morgan fingerprint density at radius 1 is 1.25 bits per heavy atom. The van der Waals surface area contributed by atoms with Gasteiger partial charge in [0.2, 0.25) is 0 Å². The zero-order valence-electron chi connectivity index (χ0n) is 14.3. The number of likely N-dealkylation sites (tertiary alicyclic amines) is 1. The van der Waals surface area contributed by atoms with Crippen LogP contribution in [0, 0.1) is 5.92 Å². The minimum Gasteiger partial charge on any atom is -0.504 e. The third kappa shape index (κ3) is 1.94. The number of piperidine rings is 1. The van der Waals surface area contributed by atoms with Crippen molar-refractivity contribution in [2.75, 3.05) is 27.8 Å². The number of Topliss-reactive ketones (excluding diaryl/α,β-unsaturated/α-hetero) is 1. The summed E-state index contributed by atoms with van der Waals surface area (Å²) in [5.41, 5.74) is 2.10. The number of hydrogen-bond acceptors (Lipinski definition) is 5. The summed E-state index contributed by atoms with van der Waals surface area (Å²) in [7, 11) is 5.26. The van der Waals surface area contributed by atoms with Gasteiger partial charge in [-0.2, -0.15) is 0 Å². The van der Waals surface area contributed by atoms with Crippen LogP contribution in [0.15, 0.2) is 24.0 Å². The summed E-state index contributed by atoms with van der Waals surface area (Å²) in [6.07, 6.45) is 4.33. The third-order valence-corrected chi connectivity index (χ3v) is 6.19. The summed E-state index contributed by atoms with van der Waals surface area (Å²) in [6.45, 7) is 0.978. The first-order valence-electron chi connectivity index (χ1n) is 8.41. The molecule has 3 aliphatic rings. The molecule has 0 aromatic heterocycles. The van der Waals surface area contributed by atoms with Crippen molar-refractivity contribution in [3.05, 3.63) is 35.1 Å². The lowest BCUT2D eigenvalue weighted by molar-refractivity contribution is -0.122. The van der Waals surface area contributed by atoms with E-state index in [-0.39, 0.29) is 22.9 Å². The molecule has 128 valence electrons. The third-order valence-electron chi connectivity index (χ3n) is 6.19. The van der Waals surface area contributed by atoms with Crippen LogP contribution in [-0.2, 0) is 21.4 Å². The van der Waals surface area contributed by atoms with Gasteiger partial charge in [-0.15, -0.1) is 0 Å². The van der Waals surface area contributed by atoms with E-state index in [1.165, 1.54) is 5.56 Å². The van der Waals surface area contributed by atoms with Crippen LogP contribution in [0.25, 0.3) is 0 Å². The van der Waals surface area contributed by atoms with Gasteiger partial charge in [0.25, 0.3) is 0 Å². The van der Waals surface area contributed by atoms with Gasteiger partial charge in [0, 0.05) is 17.9 Å². The molecule has 1 saturated heterocycles. The molecule has 1 aliphatic heterocycles. The molecule has 1 heterocycles.